The highest BCUT2D eigenvalue weighted by Gasteiger charge is 2.33. The number of ketones is 1. The van der Waals surface area contributed by atoms with Crippen LogP contribution in [0.2, 0.25) is 0 Å². The van der Waals surface area contributed by atoms with E-state index < -0.39 is 12.0 Å². The fraction of sp³-hybridized carbons (Fsp3) is 0.438. The third-order valence-electron chi connectivity index (χ3n) is 4.10. The number of Topliss-reactive ketones (excluding diaryl/α,β-unsaturated/α-hetero) is 1. The maximum atomic E-state index is 12.6. The average Bonchev–Trinajstić information content (AvgIpc) is 2.53. The van der Waals surface area contributed by atoms with Crippen molar-refractivity contribution in [2.45, 2.75) is 25.3 Å². The first-order chi connectivity index (χ1) is 10.5. The van der Waals surface area contributed by atoms with Crippen LogP contribution in [0.5, 0.6) is 0 Å². The number of primary amides is 1. The Morgan fingerprint density at radius 2 is 1.77 bits per heavy atom. The highest BCUT2D eigenvalue weighted by atomic mass is 16.4. The van der Waals surface area contributed by atoms with E-state index in [1.165, 1.54) is 0 Å². The maximum absolute atomic E-state index is 12.6. The number of benzene rings is 1. The number of hydrogen-bond donors (Lipinski definition) is 2. The van der Waals surface area contributed by atoms with Crippen molar-refractivity contribution < 1.29 is 19.5 Å². The van der Waals surface area contributed by atoms with Crippen LogP contribution >= 0.6 is 0 Å². The third kappa shape index (κ3) is 3.92. The Hall–Kier alpha value is -2.21. The number of carbonyl (C=O) groups is 3. The van der Waals surface area contributed by atoms with E-state index in [1.807, 2.05) is 4.90 Å². The summed E-state index contributed by atoms with van der Waals surface area (Å²) < 4.78 is 0. The van der Waals surface area contributed by atoms with Crippen LogP contribution in [0.4, 0.5) is 0 Å². The Kier molecular flexibility index (Phi) is 5.27. The van der Waals surface area contributed by atoms with Gasteiger partial charge in [-0.05, 0) is 25.9 Å². The third-order valence-corrected chi connectivity index (χ3v) is 4.10. The number of nitrogens with zero attached hydrogens (tertiary/aromatic N) is 1. The lowest BCUT2D eigenvalue weighted by atomic mass is 9.92. The summed E-state index contributed by atoms with van der Waals surface area (Å²) in [5.74, 6) is -1.72. The molecule has 0 saturated carbocycles. The van der Waals surface area contributed by atoms with Gasteiger partial charge in [-0.2, -0.15) is 0 Å². The molecule has 1 aromatic rings. The molecule has 0 aliphatic carbocycles. The monoisotopic (exact) mass is 304 g/mol. The van der Waals surface area contributed by atoms with Crippen LogP contribution < -0.4 is 5.73 Å². The number of nitrogens with two attached hydrogens (primary N) is 1. The fourth-order valence-corrected chi connectivity index (χ4v) is 2.84. The summed E-state index contributed by atoms with van der Waals surface area (Å²) >= 11 is 0. The molecule has 6 nitrogen and oxygen atoms in total. The topological polar surface area (TPSA) is 101 Å². The van der Waals surface area contributed by atoms with E-state index in [1.54, 1.807) is 30.3 Å². The molecule has 1 atom stereocenters. The maximum Gasteiger partial charge on any atom is 0.305 e. The predicted octanol–water partition coefficient (Wildman–Crippen LogP) is 0.910. The van der Waals surface area contributed by atoms with Crippen LogP contribution in [-0.4, -0.2) is 46.8 Å². The molecule has 0 spiro atoms. The molecule has 1 aliphatic heterocycles. The molecule has 1 unspecified atom stereocenters. The molecular formula is C16H20N2O4. The van der Waals surface area contributed by atoms with Gasteiger partial charge in [-0.1, -0.05) is 30.3 Å². The summed E-state index contributed by atoms with van der Waals surface area (Å²) in [5.41, 5.74) is 5.81. The molecule has 1 aliphatic rings. The molecule has 2 rings (SSSR count). The zero-order valence-electron chi connectivity index (χ0n) is 12.3. The lowest BCUT2D eigenvalue weighted by Crippen LogP contribution is -2.48. The molecule has 1 aromatic carbocycles. The summed E-state index contributed by atoms with van der Waals surface area (Å²) in [6, 6.07) is 7.99. The summed E-state index contributed by atoms with van der Waals surface area (Å²) in [6.45, 7) is 1.01. The molecule has 3 N–H and O–H groups in total. The number of likely N-dealkylation sites (tertiary alicyclic amines) is 1. The average molecular weight is 304 g/mol. The summed E-state index contributed by atoms with van der Waals surface area (Å²) in [4.78, 5) is 36.8. The second kappa shape index (κ2) is 7.17. The van der Waals surface area contributed by atoms with Gasteiger partial charge in [-0.15, -0.1) is 0 Å². The number of carboxylic acids is 1. The molecule has 1 amide bonds. The lowest BCUT2D eigenvalue weighted by Gasteiger charge is -2.35. The SMILES string of the molecule is NC(=O)C1CCN(C(CC(=O)O)C(=O)c2ccccc2)CC1. The smallest absolute Gasteiger partial charge is 0.305 e. The van der Waals surface area contributed by atoms with Crippen molar-refractivity contribution in [3.05, 3.63) is 35.9 Å². The van der Waals surface area contributed by atoms with Crippen LogP contribution in [0.25, 0.3) is 0 Å². The van der Waals surface area contributed by atoms with E-state index in [0.717, 1.165) is 0 Å². The van der Waals surface area contributed by atoms with Gasteiger partial charge in [0, 0.05) is 11.5 Å². The molecular weight excluding hydrogens is 284 g/mol. The molecule has 6 heteroatoms. The summed E-state index contributed by atoms with van der Waals surface area (Å²) in [5, 5.41) is 9.10. The van der Waals surface area contributed by atoms with E-state index >= 15 is 0 Å². The lowest BCUT2D eigenvalue weighted by molar-refractivity contribution is -0.138. The second-order valence-corrected chi connectivity index (χ2v) is 5.56. The van der Waals surface area contributed by atoms with Gasteiger partial charge in [0.1, 0.15) is 0 Å². The van der Waals surface area contributed by atoms with Crippen molar-refractivity contribution in [2.75, 3.05) is 13.1 Å². The van der Waals surface area contributed by atoms with E-state index in [9.17, 15) is 14.4 Å². The van der Waals surface area contributed by atoms with Crippen LogP contribution in [0.15, 0.2) is 30.3 Å². The molecule has 118 valence electrons. The first kappa shape index (κ1) is 16.2. The van der Waals surface area contributed by atoms with E-state index in [-0.39, 0.29) is 24.0 Å². The van der Waals surface area contributed by atoms with Crippen molar-refractivity contribution in [2.24, 2.45) is 11.7 Å². The Morgan fingerprint density at radius 1 is 1.18 bits per heavy atom. The first-order valence-electron chi connectivity index (χ1n) is 7.33. The van der Waals surface area contributed by atoms with E-state index in [2.05, 4.69) is 0 Å². The molecule has 1 fully saturated rings. The van der Waals surface area contributed by atoms with Gasteiger partial charge >= 0.3 is 5.97 Å². The zero-order chi connectivity index (χ0) is 16.1. The van der Waals surface area contributed by atoms with E-state index in [4.69, 9.17) is 10.8 Å². The molecule has 0 aromatic heterocycles. The predicted molar refractivity (Wildman–Crippen MR) is 80.3 cm³/mol. The first-order valence-corrected chi connectivity index (χ1v) is 7.33. The second-order valence-electron chi connectivity index (χ2n) is 5.56. The Labute approximate surface area is 128 Å². The van der Waals surface area contributed by atoms with Crippen LogP contribution in [0.3, 0.4) is 0 Å². The fourth-order valence-electron chi connectivity index (χ4n) is 2.84. The number of carboxylic acid groups (broad SMARTS) is 1. The minimum absolute atomic E-state index is 0.187. The zero-order valence-corrected chi connectivity index (χ0v) is 12.3. The van der Waals surface area contributed by atoms with Gasteiger partial charge in [0.05, 0.1) is 12.5 Å². The number of aliphatic carboxylic acids is 1. The number of amides is 1. The summed E-state index contributed by atoms with van der Waals surface area (Å²) in [6.07, 6.45) is 0.885. The minimum atomic E-state index is -1.01. The van der Waals surface area contributed by atoms with Crippen molar-refractivity contribution in [3.63, 3.8) is 0 Å². The molecule has 0 bridgehead atoms. The van der Waals surface area contributed by atoms with Gasteiger partial charge in [0.2, 0.25) is 5.91 Å². The largest absolute Gasteiger partial charge is 0.481 e. The van der Waals surface area contributed by atoms with Crippen LogP contribution in [-0.2, 0) is 9.59 Å². The Balaban J connectivity index is 2.12. The molecule has 0 radical (unpaired) electrons. The quantitative estimate of drug-likeness (QED) is 0.761. The van der Waals surface area contributed by atoms with Crippen molar-refractivity contribution in [3.8, 4) is 0 Å². The van der Waals surface area contributed by atoms with Crippen molar-refractivity contribution >= 4 is 17.7 Å². The normalized spacial score (nSPS) is 17.8. The van der Waals surface area contributed by atoms with Crippen molar-refractivity contribution in [1.82, 2.24) is 4.90 Å². The standard InChI is InChI=1S/C16H20N2O4/c17-16(22)12-6-8-18(9-7-12)13(10-14(19)20)15(21)11-4-2-1-3-5-11/h1-5,12-13H,6-10H2,(H2,17,22)(H,19,20). The van der Waals surface area contributed by atoms with Gasteiger partial charge in [0.15, 0.2) is 5.78 Å². The highest BCUT2D eigenvalue weighted by molar-refractivity contribution is 6.01. The molecule has 1 heterocycles. The van der Waals surface area contributed by atoms with Gasteiger partial charge < -0.3 is 10.8 Å². The summed E-state index contributed by atoms with van der Waals surface area (Å²) in [7, 11) is 0. The molecule has 1 saturated heterocycles. The molecule has 22 heavy (non-hydrogen) atoms. The van der Waals surface area contributed by atoms with E-state index in [0.29, 0.717) is 31.5 Å². The highest BCUT2D eigenvalue weighted by Crippen LogP contribution is 2.22. The number of rotatable bonds is 6. The minimum Gasteiger partial charge on any atom is -0.481 e. The van der Waals surface area contributed by atoms with Gasteiger partial charge in [-0.25, -0.2) is 0 Å². The Bertz CT molecular complexity index is 551. The van der Waals surface area contributed by atoms with Crippen LogP contribution in [0.1, 0.15) is 29.6 Å². The Morgan fingerprint density at radius 3 is 2.27 bits per heavy atom. The number of piperidine rings is 1. The van der Waals surface area contributed by atoms with Gasteiger partial charge in [-0.3, -0.25) is 19.3 Å². The number of carbonyl (C=O) groups excluding carboxylic acids is 2. The number of hydrogen-bond acceptors (Lipinski definition) is 4. The van der Waals surface area contributed by atoms with Gasteiger partial charge in [0.25, 0.3) is 0 Å². The van der Waals surface area contributed by atoms with Crippen molar-refractivity contribution in [1.29, 1.82) is 0 Å². The van der Waals surface area contributed by atoms with Crippen LogP contribution in [0, 0.1) is 5.92 Å².